The third-order valence-electron chi connectivity index (χ3n) is 4.96. The van der Waals surface area contributed by atoms with Gasteiger partial charge in [-0.25, -0.2) is 0 Å². The number of fused-ring (bicyclic) bond motifs is 3. The number of hydrogen-bond acceptors (Lipinski definition) is 4. The van der Waals surface area contributed by atoms with Crippen molar-refractivity contribution >= 4 is 54.0 Å². The Labute approximate surface area is 160 Å². The van der Waals surface area contributed by atoms with Crippen LogP contribution in [0.4, 0.5) is 0 Å². The number of benzene rings is 1. The number of nitrogens with one attached hydrogen (secondary N) is 2. The summed E-state index contributed by atoms with van der Waals surface area (Å²) < 4.78 is 3.60. The molecule has 2 N–H and O–H groups in total. The molecule has 2 aromatic heterocycles. The fraction of sp³-hybridized carbons (Fsp3) is 0.400. The minimum absolute atomic E-state index is 0.0607. The van der Waals surface area contributed by atoms with Crippen LogP contribution >= 0.6 is 22.7 Å². The molecule has 4 nitrogen and oxygen atoms in total. The second-order valence-electron chi connectivity index (χ2n) is 6.78. The van der Waals surface area contributed by atoms with Crippen LogP contribution in [0.25, 0.3) is 19.5 Å². The number of thiophene rings is 2. The summed E-state index contributed by atoms with van der Waals surface area (Å²) in [6.07, 6.45) is 5.54. The van der Waals surface area contributed by atoms with E-state index in [1.807, 2.05) is 18.2 Å². The molecule has 1 fully saturated rings. The summed E-state index contributed by atoms with van der Waals surface area (Å²) in [5.41, 5.74) is 0. The number of carbonyl (C=O) groups is 2. The van der Waals surface area contributed by atoms with Gasteiger partial charge in [-0.2, -0.15) is 0 Å². The molecule has 1 aromatic carbocycles. The lowest BCUT2D eigenvalue weighted by molar-refractivity contribution is -0.125. The quantitative estimate of drug-likeness (QED) is 0.633. The normalized spacial score (nSPS) is 15.4. The van der Waals surface area contributed by atoms with Crippen LogP contribution < -0.4 is 10.6 Å². The summed E-state index contributed by atoms with van der Waals surface area (Å²) in [6.45, 7) is 0.952. The zero-order valence-corrected chi connectivity index (χ0v) is 16.2. The van der Waals surface area contributed by atoms with Gasteiger partial charge in [-0.15, -0.1) is 22.7 Å². The van der Waals surface area contributed by atoms with Crippen molar-refractivity contribution in [1.29, 1.82) is 0 Å². The Morgan fingerprint density at radius 2 is 1.73 bits per heavy atom. The van der Waals surface area contributed by atoms with Gasteiger partial charge in [-0.1, -0.05) is 37.5 Å². The predicted molar refractivity (Wildman–Crippen MR) is 109 cm³/mol. The Morgan fingerprint density at radius 1 is 0.962 bits per heavy atom. The van der Waals surface area contributed by atoms with Crippen LogP contribution in [0.3, 0.4) is 0 Å². The van der Waals surface area contributed by atoms with E-state index in [2.05, 4.69) is 22.8 Å². The maximum absolute atomic E-state index is 12.4. The largest absolute Gasteiger partial charge is 0.354 e. The van der Waals surface area contributed by atoms with Crippen LogP contribution in [-0.2, 0) is 4.79 Å². The summed E-state index contributed by atoms with van der Waals surface area (Å²) in [5, 5.41) is 7.09. The highest BCUT2D eigenvalue weighted by Gasteiger charge is 2.20. The van der Waals surface area contributed by atoms with E-state index in [-0.39, 0.29) is 17.7 Å². The van der Waals surface area contributed by atoms with Crippen molar-refractivity contribution in [2.24, 2.45) is 5.92 Å². The van der Waals surface area contributed by atoms with Crippen molar-refractivity contribution in [1.82, 2.24) is 10.6 Å². The standard InChI is InChI=1S/C20H22N2O2S2/c23-19(13-6-2-1-3-7-13)21-10-11-22-20(24)17-12-16-18(26-17)14-8-4-5-9-15(14)25-16/h4-5,8-9,12-13H,1-3,6-7,10-11H2,(H,21,23)(H,22,24). The first-order chi connectivity index (χ1) is 12.7. The van der Waals surface area contributed by atoms with Crippen LogP contribution in [-0.4, -0.2) is 24.9 Å². The maximum atomic E-state index is 12.4. The molecule has 26 heavy (non-hydrogen) atoms. The molecule has 0 saturated heterocycles. The Morgan fingerprint density at radius 3 is 2.58 bits per heavy atom. The highest BCUT2D eigenvalue weighted by atomic mass is 32.1. The zero-order chi connectivity index (χ0) is 17.9. The van der Waals surface area contributed by atoms with Gasteiger partial charge in [-0.3, -0.25) is 9.59 Å². The highest BCUT2D eigenvalue weighted by molar-refractivity contribution is 7.33. The Bertz CT molecular complexity index is 938. The molecule has 0 unspecified atom stereocenters. The van der Waals surface area contributed by atoms with E-state index < -0.39 is 0 Å². The number of carbonyl (C=O) groups excluding carboxylic acids is 2. The number of amides is 2. The van der Waals surface area contributed by atoms with Crippen molar-refractivity contribution in [3.63, 3.8) is 0 Å². The third kappa shape index (κ3) is 3.62. The molecule has 2 amide bonds. The lowest BCUT2D eigenvalue weighted by Gasteiger charge is -2.20. The molecule has 3 aromatic rings. The minimum atomic E-state index is -0.0607. The summed E-state index contributed by atoms with van der Waals surface area (Å²) >= 11 is 3.26. The highest BCUT2D eigenvalue weighted by Crippen LogP contribution is 2.39. The molecular weight excluding hydrogens is 364 g/mol. The van der Waals surface area contributed by atoms with Gasteiger partial charge in [0, 0.05) is 33.8 Å². The fourth-order valence-electron chi connectivity index (χ4n) is 3.57. The third-order valence-corrected chi connectivity index (χ3v) is 7.37. The number of hydrogen-bond donors (Lipinski definition) is 2. The van der Waals surface area contributed by atoms with Crippen molar-refractivity contribution < 1.29 is 9.59 Å². The topological polar surface area (TPSA) is 58.2 Å². The van der Waals surface area contributed by atoms with Gasteiger partial charge in [0.25, 0.3) is 5.91 Å². The van der Waals surface area contributed by atoms with Gasteiger partial charge in [0.1, 0.15) is 0 Å². The van der Waals surface area contributed by atoms with Crippen LogP contribution in [0.1, 0.15) is 41.8 Å². The van der Waals surface area contributed by atoms with E-state index in [0.717, 1.165) is 35.3 Å². The van der Waals surface area contributed by atoms with Gasteiger partial charge in [-0.05, 0) is 25.0 Å². The van der Waals surface area contributed by atoms with Crippen molar-refractivity contribution in [2.75, 3.05) is 13.1 Å². The molecule has 136 valence electrons. The summed E-state index contributed by atoms with van der Waals surface area (Å²) in [4.78, 5) is 25.2. The lowest BCUT2D eigenvalue weighted by Crippen LogP contribution is -2.38. The molecule has 0 atom stereocenters. The second kappa shape index (κ2) is 7.76. The first kappa shape index (κ1) is 17.5. The van der Waals surface area contributed by atoms with E-state index in [4.69, 9.17) is 0 Å². The molecule has 4 rings (SSSR count). The SMILES string of the molecule is O=C(NCCNC(=O)C1CCCCC1)c1cc2sc3ccccc3c2s1. The Kier molecular flexibility index (Phi) is 5.22. The van der Waals surface area contributed by atoms with E-state index in [0.29, 0.717) is 13.1 Å². The second-order valence-corrected chi connectivity index (χ2v) is 8.92. The molecule has 2 heterocycles. The van der Waals surface area contributed by atoms with Crippen molar-refractivity contribution in [3.05, 3.63) is 35.2 Å². The van der Waals surface area contributed by atoms with Crippen LogP contribution in [0.2, 0.25) is 0 Å². The molecule has 1 aliphatic carbocycles. The van der Waals surface area contributed by atoms with E-state index in [1.54, 1.807) is 11.3 Å². The number of rotatable bonds is 5. The molecule has 6 heteroatoms. The monoisotopic (exact) mass is 386 g/mol. The summed E-state index contributed by atoms with van der Waals surface area (Å²) in [5.74, 6) is 0.244. The maximum Gasteiger partial charge on any atom is 0.261 e. The summed E-state index contributed by atoms with van der Waals surface area (Å²) in [6, 6.07) is 10.3. The van der Waals surface area contributed by atoms with Gasteiger partial charge in [0.15, 0.2) is 0 Å². The zero-order valence-electron chi connectivity index (χ0n) is 14.5. The minimum Gasteiger partial charge on any atom is -0.354 e. The molecular formula is C20H22N2O2S2. The molecule has 0 bridgehead atoms. The molecule has 0 aliphatic heterocycles. The predicted octanol–water partition coefficient (Wildman–Crippen LogP) is 4.54. The Hall–Kier alpha value is -1.92. The first-order valence-electron chi connectivity index (χ1n) is 9.19. The molecule has 1 saturated carbocycles. The van der Waals surface area contributed by atoms with Crippen LogP contribution in [0, 0.1) is 5.92 Å². The van der Waals surface area contributed by atoms with Crippen LogP contribution in [0.5, 0.6) is 0 Å². The van der Waals surface area contributed by atoms with Crippen molar-refractivity contribution in [3.8, 4) is 0 Å². The molecule has 0 radical (unpaired) electrons. The van der Waals surface area contributed by atoms with E-state index >= 15 is 0 Å². The fourth-order valence-corrected chi connectivity index (χ4v) is 6.01. The van der Waals surface area contributed by atoms with Gasteiger partial charge < -0.3 is 10.6 Å². The van der Waals surface area contributed by atoms with Crippen molar-refractivity contribution in [2.45, 2.75) is 32.1 Å². The molecule has 0 spiro atoms. The van der Waals surface area contributed by atoms with E-state index in [1.165, 1.54) is 32.5 Å². The van der Waals surface area contributed by atoms with E-state index in [9.17, 15) is 9.59 Å². The van der Waals surface area contributed by atoms with Crippen LogP contribution in [0.15, 0.2) is 30.3 Å². The lowest BCUT2D eigenvalue weighted by atomic mass is 9.89. The first-order valence-corrected chi connectivity index (χ1v) is 10.8. The molecule has 1 aliphatic rings. The summed E-state index contributed by atoms with van der Waals surface area (Å²) in [7, 11) is 0. The smallest absolute Gasteiger partial charge is 0.261 e. The Balaban J connectivity index is 1.30. The van der Waals surface area contributed by atoms with Gasteiger partial charge in [0.05, 0.1) is 9.58 Å². The average molecular weight is 387 g/mol. The van der Waals surface area contributed by atoms with Gasteiger partial charge >= 0.3 is 0 Å². The average Bonchev–Trinajstić information content (AvgIpc) is 3.23. The van der Waals surface area contributed by atoms with Gasteiger partial charge in [0.2, 0.25) is 5.91 Å².